The average molecular weight is 300 g/mol. The molecule has 1 fully saturated rings. The van der Waals surface area contributed by atoms with Gasteiger partial charge in [-0.05, 0) is 6.07 Å². The van der Waals surface area contributed by atoms with Gasteiger partial charge in [-0.15, -0.1) is 0 Å². The van der Waals surface area contributed by atoms with Crippen molar-refractivity contribution in [2.75, 3.05) is 13.6 Å². The van der Waals surface area contributed by atoms with Gasteiger partial charge in [0.25, 0.3) is 5.91 Å². The number of amidine groups is 1. The standard InChI is InChI=1S/C15H16N4O3/c1-19-6-5-15(21,14(19)20)12-8-11(18-22-12)9-3-2-4-10(7-9)13(16)17/h2-4,7-8,21H,5-6H2,1H3,(H3,16,17). The van der Waals surface area contributed by atoms with Gasteiger partial charge in [0.2, 0.25) is 5.60 Å². The summed E-state index contributed by atoms with van der Waals surface area (Å²) in [5, 5.41) is 21.9. The number of hydrogen-bond donors (Lipinski definition) is 3. The molecule has 1 unspecified atom stereocenters. The summed E-state index contributed by atoms with van der Waals surface area (Å²) in [5.41, 5.74) is 5.56. The number of hydrogen-bond acceptors (Lipinski definition) is 5. The molecule has 1 aliphatic heterocycles. The van der Waals surface area contributed by atoms with Crippen LogP contribution in [0, 0.1) is 5.41 Å². The molecule has 1 aromatic heterocycles. The third kappa shape index (κ3) is 2.15. The van der Waals surface area contributed by atoms with Gasteiger partial charge in [0, 0.05) is 37.2 Å². The second-order valence-corrected chi connectivity index (χ2v) is 5.41. The number of likely N-dealkylation sites (N-methyl/N-ethyl adjacent to an activating group) is 1. The molecule has 4 N–H and O–H groups in total. The number of amides is 1. The van der Waals surface area contributed by atoms with Crippen molar-refractivity contribution in [3.63, 3.8) is 0 Å². The van der Waals surface area contributed by atoms with Crippen molar-refractivity contribution < 1.29 is 14.4 Å². The van der Waals surface area contributed by atoms with E-state index in [-0.39, 0.29) is 18.0 Å². The number of aliphatic hydroxyl groups is 1. The molecule has 1 saturated heterocycles. The zero-order valence-corrected chi connectivity index (χ0v) is 12.0. The van der Waals surface area contributed by atoms with E-state index in [0.29, 0.717) is 23.4 Å². The maximum atomic E-state index is 12.1. The molecule has 0 spiro atoms. The number of nitrogen functional groups attached to an aromatic ring is 1. The summed E-state index contributed by atoms with van der Waals surface area (Å²) < 4.78 is 5.19. The zero-order chi connectivity index (χ0) is 15.9. The summed E-state index contributed by atoms with van der Waals surface area (Å²) in [6.07, 6.45) is 0.268. The summed E-state index contributed by atoms with van der Waals surface area (Å²) in [7, 11) is 1.63. The van der Waals surface area contributed by atoms with Crippen LogP contribution in [0.5, 0.6) is 0 Å². The van der Waals surface area contributed by atoms with Crippen LogP contribution >= 0.6 is 0 Å². The molecular weight excluding hydrogens is 284 g/mol. The molecule has 1 atom stereocenters. The van der Waals surface area contributed by atoms with Crippen LogP contribution in [0.4, 0.5) is 0 Å². The van der Waals surface area contributed by atoms with Crippen molar-refractivity contribution in [2.45, 2.75) is 12.0 Å². The van der Waals surface area contributed by atoms with Gasteiger partial charge in [0.15, 0.2) is 5.76 Å². The normalized spacial score (nSPS) is 21.4. The second-order valence-electron chi connectivity index (χ2n) is 5.41. The number of nitrogens with zero attached hydrogens (tertiary/aromatic N) is 2. The Morgan fingerprint density at radius 2 is 2.27 bits per heavy atom. The quantitative estimate of drug-likeness (QED) is 0.569. The number of nitrogens with one attached hydrogen (secondary N) is 1. The molecule has 0 saturated carbocycles. The minimum absolute atomic E-state index is 0.0446. The fourth-order valence-corrected chi connectivity index (χ4v) is 2.53. The Balaban J connectivity index is 1.96. The fourth-order valence-electron chi connectivity index (χ4n) is 2.53. The highest BCUT2D eigenvalue weighted by molar-refractivity contribution is 5.96. The van der Waals surface area contributed by atoms with Crippen LogP contribution in [0.2, 0.25) is 0 Å². The molecule has 2 aromatic rings. The maximum Gasteiger partial charge on any atom is 0.262 e. The zero-order valence-electron chi connectivity index (χ0n) is 12.0. The molecule has 2 heterocycles. The van der Waals surface area contributed by atoms with E-state index >= 15 is 0 Å². The van der Waals surface area contributed by atoms with Gasteiger partial charge in [-0.2, -0.15) is 0 Å². The van der Waals surface area contributed by atoms with Crippen molar-refractivity contribution in [2.24, 2.45) is 5.73 Å². The van der Waals surface area contributed by atoms with Gasteiger partial charge in [-0.25, -0.2) is 0 Å². The average Bonchev–Trinajstić information content (AvgIpc) is 3.10. The molecule has 3 rings (SSSR count). The van der Waals surface area contributed by atoms with Gasteiger partial charge in [0.05, 0.1) is 0 Å². The Kier molecular flexibility index (Phi) is 3.22. The third-order valence-corrected chi connectivity index (χ3v) is 3.90. The van der Waals surface area contributed by atoms with Crippen LogP contribution < -0.4 is 5.73 Å². The number of aromatic nitrogens is 1. The lowest BCUT2D eigenvalue weighted by Gasteiger charge is -2.16. The van der Waals surface area contributed by atoms with Crippen LogP contribution in [0.15, 0.2) is 34.9 Å². The van der Waals surface area contributed by atoms with E-state index in [1.807, 2.05) is 0 Å². The molecular formula is C15H16N4O3. The molecule has 22 heavy (non-hydrogen) atoms. The summed E-state index contributed by atoms with van der Waals surface area (Å²) in [6.45, 7) is 0.463. The van der Waals surface area contributed by atoms with Gasteiger partial charge >= 0.3 is 0 Å². The van der Waals surface area contributed by atoms with Crippen molar-refractivity contribution in [3.8, 4) is 11.3 Å². The minimum atomic E-state index is -1.65. The lowest BCUT2D eigenvalue weighted by atomic mass is 9.98. The van der Waals surface area contributed by atoms with Crippen LogP contribution in [-0.2, 0) is 10.4 Å². The number of likely N-dealkylation sites (tertiary alicyclic amines) is 1. The summed E-state index contributed by atoms with van der Waals surface area (Å²) >= 11 is 0. The Hall–Kier alpha value is -2.67. The number of benzene rings is 1. The largest absolute Gasteiger partial charge is 0.384 e. The first-order valence-electron chi connectivity index (χ1n) is 6.82. The van der Waals surface area contributed by atoms with Crippen molar-refractivity contribution in [1.82, 2.24) is 10.1 Å². The highest BCUT2D eigenvalue weighted by Gasteiger charge is 2.48. The number of carbonyl (C=O) groups excluding carboxylic acids is 1. The Morgan fingerprint density at radius 3 is 2.91 bits per heavy atom. The van der Waals surface area contributed by atoms with E-state index in [9.17, 15) is 9.90 Å². The summed E-state index contributed by atoms with van der Waals surface area (Å²) in [4.78, 5) is 13.5. The summed E-state index contributed by atoms with van der Waals surface area (Å²) in [6, 6.07) is 8.52. The molecule has 7 heteroatoms. The highest BCUT2D eigenvalue weighted by atomic mass is 16.5. The van der Waals surface area contributed by atoms with Crippen LogP contribution in [0.3, 0.4) is 0 Å². The Morgan fingerprint density at radius 1 is 1.50 bits per heavy atom. The highest BCUT2D eigenvalue weighted by Crippen LogP contribution is 2.34. The van der Waals surface area contributed by atoms with E-state index < -0.39 is 11.5 Å². The smallest absolute Gasteiger partial charge is 0.262 e. The lowest BCUT2D eigenvalue weighted by Crippen LogP contribution is -2.35. The molecule has 1 aromatic carbocycles. The Bertz CT molecular complexity index is 755. The first kappa shape index (κ1) is 14.3. The summed E-state index contributed by atoms with van der Waals surface area (Å²) in [5.74, 6) is -0.311. The van der Waals surface area contributed by atoms with E-state index in [4.69, 9.17) is 15.7 Å². The monoisotopic (exact) mass is 300 g/mol. The molecule has 7 nitrogen and oxygen atoms in total. The van der Waals surface area contributed by atoms with Gasteiger partial charge in [0.1, 0.15) is 11.5 Å². The minimum Gasteiger partial charge on any atom is -0.384 e. The van der Waals surface area contributed by atoms with Crippen LogP contribution in [0.1, 0.15) is 17.7 Å². The maximum absolute atomic E-state index is 12.1. The number of nitrogens with two attached hydrogens (primary N) is 1. The second kappa shape index (κ2) is 4.96. The Labute approximate surface area is 126 Å². The first-order chi connectivity index (χ1) is 10.4. The third-order valence-electron chi connectivity index (χ3n) is 3.90. The molecule has 0 radical (unpaired) electrons. The number of carbonyl (C=O) groups is 1. The first-order valence-corrected chi connectivity index (χ1v) is 6.82. The predicted molar refractivity (Wildman–Crippen MR) is 79.1 cm³/mol. The van der Waals surface area contributed by atoms with Gasteiger partial charge in [-0.1, -0.05) is 23.4 Å². The van der Waals surface area contributed by atoms with Gasteiger partial charge < -0.3 is 20.3 Å². The topological polar surface area (TPSA) is 116 Å². The molecule has 1 amide bonds. The van der Waals surface area contributed by atoms with E-state index in [1.54, 1.807) is 37.4 Å². The van der Waals surface area contributed by atoms with E-state index in [0.717, 1.165) is 0 Å². The fraction of sp³-hybridized carbons (Fsp3) is 0.267. The van der Waals surface area contributed by atoms with Crippen molar-refractivity contribution >= 4 is 11.7 Å². The molecule has 1 aliphatic rings. The van der Waals surface area contributed by atoms with Crippen LogP contribution in [-0.4, -0.2) is 40.5 Å². The van der Waals surface area contributed by atoms with Gasteiger partial charge in [-0.3, -0.25) is 10.2 Å². The molecule has 0 aliphatic carbocycles. The van der Waals surface area contributed by atoms with Crippen molar-refractivity contribution in [1.29, 1.82) is 5.41 Å². The lowest BCUT2D eigenvalue weighted by molar-refractivity contribution is -0.144. The number of rotatable bonds is 3. The SMILES string of the molecule is CN1CCC(O)(c2cc(-c3cccc(C(=N)N)c3)no2)C1=O. The van der Waals surface area contributed by atoms with Crippen LogP contribution in [0.25, 0.3) is 11.3 Å². The van der Waals surface area contributed by atoms with E-state index in [1.165, 1.54) is 4.90 Å². The predicted octanol–water partition coefficient (Wildman–Crippen LogP) is 0.675. The van der Waals surface area contributed by atoms with E-state index in [2.05, 4.69) is 5.16 Å². The molecule has 0 bridgehead atoms. The molecule has 114 valence electrons. The van der Waals surface area contributed by atoms with Crippen molar-refractivity contribution in [3.05, 3.63) is 41.7 Å².